The minimum absolute atomic E-state index is 0.0695. The van der Waals surface area contributed by atoms with E-state index in [-0.39, 0.29) is 29.8 Å². The first kappa shape index (κ1) is 34.2. The number of hydrogen-bond acceptors (Lipinski definition) is 3. The predicted octanol–water partition coefficient (Wildman–Crippen LogP) is 8.62. The lowest BCUT2D eigenvalue weighted by Gasteiger charge is -2.44. The van der Waals surface area contributed by atoms with Crippen LogP contribution in [0.1, 0.15) is 48.9 Å². The molecule has 0 N–H and O–H groups in total. The summed E-state index contributed by atoms with van der Waals surface area (Å²) in [5, 5.41) is 8.92. The van der Waals surface area contributed by atoms with Crippen LogP contribution in [0.15, 0.2) is 48.5 Å². The SMILES string of the molecule is CCC(CC(C)(c1ccc(C#N)cc1)C(F)(F)F)(c1ccc(C(OCOC)(C(F)(F)F)C(F)(F)F)cc1)C(F)(F)F. The fraction of sp³-hybridized carbons (Fsp3) is 0.500. The minimum atomic E-state index is -6.17. The molecule has 0 saturated heterocycles. The van der Waals surface area contributed by atoms with E-state index in [0.717, 1.165) is 38.3 Å². The van der Waals surface area contributed by atoms with E-state index in [9.17, 15) is 52.7 Å². The van der Waals surface area contributed by atoms with E-state index >= 15 is 0 Å². The van der Waals surface area contributed by atoms with Gasteiger partial charge in [0.15, 0.2) is 0 Å². The van der Waals surface area contributed by atoms with E-state index in [1.807, 2.05) is 0 Å². The average molecular weight is 609 g/mol. The van der Waals surface area contributed by atoms with Crippen molar-refractivity contribution in [3.8, 4) is 6.07 Å². The molecule has 2 rings (SSSR count). The van der Waals surface area contributed by atoms with Gasteiger partial charge in [0.25, 0.3) is 5.60 Å². The summed E-state index contributed by atoms with van der Waals surface area (Å²) in [6, 6.07) is 6.03. The van der Waals surface area contributed by atoms with Gasteiger partial charge in [0, 0.05) is 12.7 Å². The Balaban J connectivity index is 2.82. The van der Waals surface area contributed by atoms with Crippen molar-refractivity contribution in [2.45, 2.75) is 67.8 Å². The lowest BCUT2D eigenvalue weighted by Crippen LogP contribution is -2.56. The highest BCUT2D eigenvalue weighted by atomic mass is 19.4. The van der Waals surface area contributed by atoms with Gasteiger partial charge in [-0.1, -0.05) is 43.3 Å². The van der Waals surface area contributed by atoms with Crippen molar-refractivity contribution in [3.63, 3.8) is 0 Å². The summed E-state index contributed by atoms with van der Waals surface area (Å²) in [7, 11) is 0.741. The largest absolute Gasteiger partial charge is 0.430 e. The number of nitrogens with zero attached hydrogens (tertiary/aromatic N) is 1. The van der Waals surface area contributed by atoms with Gasteiger partial charge in [-0.3, -0.25) is 0 Å². The summed E-state index contributed by atoms with van der Waals surface area (Å²) in [5.41, 5.74) is -15.0. The molecule has 0 aromatic heterocycles. The number of nitriles is 1. The minimum Gasteiger partial charge on any atom is -0.359 e. The molecule has 2 unspecified atom stereocenters. The first-order valence-electron chi connectivity index (χ1n) is 11.6. The molecular weight excluding hydrogens is 586 g/mol. The summed E-state index contributed by atoms with van der Waals surface area (Å²) in [5.74, 6) is 0. The predicted molar refractivity (Wildman–Crippen MR) is 120 cm³/mol. The molecule has 0 amide bonds. The average Bonchev–Trinajstić information content (AvgIpc) is 2.85. The van der Waals surface area contributed by atoms with Crippen LogP contribution in [-0.4, -0.2) is 38.6 Å². The number of methoxy groups -OCH3 is 1. The topological polar surface area (TPSA) is 42.2 Å². The molecule has 0 aliphatic rings. The third-order valence-corrected chi connectivity index (χ3v) is 7.11. The lowest BCUT2D eigenvalue weighted by molar-refractivity contribution is -0.400. The quantitative estimate of drug-likeness (QED) is 0.211. The van der Waals surface area contributed by atoms with Crippen molar-refractivity contribution in [1.82, 2.24) is 0 Å². The van der Waals surface area contributed by atoms with Crippen LogP contribution >= 0.6 is 0 Å². The van der Waals surface area contributed by atoms with Crippen molar-refractivity contribution in [1.29, 1.82) is 5.26 Å². The molecule has 3 nitrogen and oxygen atoms in total. The number of hydrogen-bond donors (Lipinski definition) is 0. The molecule has 2 atom stereocenters. The Morgan fingerprint density at radius 1 is 0.659 bits per heavy atom. The molecule has 0 heterocycles. The zero-order chi connectivity index (χ0) is 31.7. The first-order valence-corrected chi connectivity index (χ1v) is 11.6. The summed E-state index contributed by atoms with van der Waals surface area (Å²) in [6.45, 7) is -0.110. The number of alkyl halides is 12. The third-order valence-electron chi connectivity index (χ3n) is 7.11. The van der Waals surface area contributed by atoms with Crippen LogP contribution in [-0.2, 0) is 25.9 Å². The molecule has 0 bridgehead atoms. The molecule has 2 aromatic rings. The van der Waals surface area contributed by atoms with Crippen molar-refractivity contribution < 1.29 is 62.2 Å². The van der Waals surface area contributed by atoms with Crippen LogP contribution in [0.5, 0.6) is 0 Å². The van der Waals surface area contributed by atoms with Crippen LogP contribution in [0, 0.1) is 11.3 Å². The zero-order valence-electron chi connectivity index (χ0n) is 21.5. The molecule has 0 saturated carbocycles. The maximum absolute atomic E-state index is 14.7. The monoisotopic (exact) mass is 609 g/mol. The molecule has 0 spiro atoms. The summed E-state index contributed by atoms with van der Waals surface area (Å²) < 4.78 is 179. The molecule has 0 fully saturated rings. The Hall–Kier alpha value is -2.99. The molecule has 0 radical (unpaired) electrons. The van der Waals surface area contributed by atoms with E-state index in [2.05, 4.69) is 9.47 Å². The maximum Gasteiger partial charge on any atom is 0.430 e. The lowest BCUT2D eigenvalue weighted by atomic mass is 9.63. The Bertz CT molecular complexity index is 1190. The molecule has 0 aliphatic heterocycles. The number of benzene rings is 2. The maximum atomic E-state index is 14.7. The second kappa shape index (κ2) is 11.4. The summed E-state index contributed by atoms with van der Waals surface area (Å²) in [4.78, 5) is 0. The van der Waals surface area contributed by atoms with Gasteiger partial charge in [0.05, 0.1) is 22.5 Å². The fourth-order valence-electron chi connectivity index (χ4n) is 4.68. The number of halogens is 12. The van der Waals surface area contributed by atoms with Crippen LogP contribution in [0.3, 0.4) is 0 Å². The van der Waals surface area contributed by atoms with Crippen molar-refractivity contribution >= 4 is 0 Å². The Morgan fingerprint density at radius 2 is 1.10 bits per heavy atom. The van der Waals surface area contributed by atoms with E-state index in [0.29, 0.717) is 6.92 Å². The second-order valence-electron chi connectivity index (χ2n) is 9.43. The van der Waals surface area contributed by atoms with E-state index in [1.54, 1.807) is 6.07 Å². The Labute approximate surface area is 226 Å². The van der Waals surface area contributed by atoms with Gasteiger partial charge >= 0.3 is 24.7 Å². The van der Waals surface area contributed by atoms with Crippen LogP contribution in [0.2, 0.25) is 0 Å². The standard InChI is InChI=1S/C26H23F12NO2/c1-4-21(24(30,31)32,14-20(2,23(27,28)29)17-7-5-16(13-39)6-8-17)18-9-11-19(12-10-18)22(25(33,34)35,26(36,37)38)41-15-40-3/h5-12H,4,14-15H2,1-3H3. The highest BCUT2D eigenvalue weighted by molar-refractivity contribution is 5.40. The molecule has 41 heavy (non-hydrogen) atoms. The van der Waals surface area contributed by atoms with Crippen molar-refractivity contribution in [2.24, 2.45) is 0 Å². The summed E-state index contributed by atoms with van der Waals surface area (Å²) >= 11 is 0. The Kier molecular flexibility index (Phi) is 9.48. The van der Waals surface area contributed by atoms with Gasteiger partial charge in [0.1, 0.15) is 6.79 Å². The fourth-order valence-corrected chi connectivity index (χ4v) is 4.68. The van der Waals surface area contributed by atoms with E-state index < -0.39 is 77.5 Å². The molecule has 228 valence electrons. The van der Waals surface area contributed by atoms with Crippen LogP contribution < -0.4 is 0 Å². The Morgan fingerprint density at radius 3 is 1.44 bits per heavy atom. The zero-order valence-corrected chi connectivity index (χ0v) is 21.5. The molecule has 15 heteroatoms. The first-order chi connectivity index (χ1) is 18.6. The van der Waals surface area contributed by atoms with E-state index in [4.69, 9.17) is 5.26 Å². The van der Waals surface area contributed by atoms with Crippen molar-refractivity contribution in [2.75, 3.05) is 13.9 Å². The molecular formula is C26H23F12NO2. The van der Waals surface area contributed by atoms with Crippen LogP contribution in [0.25, 0.3) is 0 Å². The van der Waals surface area contributed by atoms with Gasteiger partial charge in [-0.2, -0.15) is 57.9 Å². The van der Waals surface area contributed by atoms with E-state index in [1.165, 1.54) is 0 Å². The van der Waals surface area contributed by atoms with Crippen molar-refractivity contribution in [3.05, 3.63) is 70.8 Å². The highest BCUT2D eigenvalue weighted by Crippen LogP contribution is 2.57. The molecule has 2 aromatic carbocycles. The summed E-state index contributed by atoms with van der Waals surface area (Å²) in [6.07, 6.45) is -25.8. The van der Waals surface area contributed by atoms with Gasteiger partial charge in [-0.05, 0) is 43.0 Å². The van der Waals surface area contributed by atoms with Gasteiger partial charge in [0.2, 0.25) is 0 Å². The van der Waals surface area contributed by atoms with Gasteiger partial charge in [-0.15, -0.1) is 0 Å². The number of rotatable bonds is 9. The second-order valence-corrected chi connectivity index (χ2v) is 9.43. The van der Waals surface area contributed by atoms with Gasteiger partial charge < -0.3 is 9.47 Å². The number of ether oxygens (including phenoxy) is 2. The third kappa shape index (κ3) is 5.99. The van der Waals surface area contributed by atoms with Gasteiger partial charge in [-0.25, -0.2) is 0 Å². The highest BCUT2D eigenvalue weighted by Gasteiger charge is 2.73. The van der Waals surface area contributed by atoms with Crippen LogP contribution in [0.4, 0.5) is 52.7 Å². The smallest absolute Gasteiger partial charge is 0.359 e. The normalized spacial score (nSPS) is 16.5. The molecule has 0 aliphatic carbocycles.